The van der Waals surface area contributed by atoms with Gasteiger partial charge in [-0.2, -0.15) is 0 Å². The van der Waals surface area contributed by atoms with E-state index in [1.165, 1.54) is 0 Å². The van der Waals surface area contributed by atoms with Gasteiger partial charge in [0.1, 0.15) is 11.4 Å². The first-order valence-electron chi connectivity index (χ1n) is 6.28. The SMILES string of the molecule is COc1ccc(-n2nnc(CO)c2C(C)(C)C)cc1Cl. The number of aliphatic hydroxyl groups is 1. The van der Waals surface area contributed by atoms with Gasteiger partial charge in [0, 0.05) is 5.41 Å². The maximum Gasteiger partial charge on any atom is 0.137 e. The lowest BCUT2D eigenvalue weighted by molar-refractivity contribution is 0.273. The molecule has 2 rings (SSSR count). The molecular weight excluding hydrogens is 278 g/mol. The minimum absolute atomic E-state index is 0.142. The number of hydrogen-bond donors (Lipinski definition) is 1. The van der Waals surface area contributed by atoms with Gasteiger partial charge in [-0.3, -0.25) is 0 Å². The highest BCUT2D eigenvalue weighted by Crippen LogP contribution is 2.30. The Hall–Kier alpha value is -1.59. The van der Waals surface area contributed by atoms with Gasteiger partial charge in [-0.05, 0) is 18.2 Å². The van der Waals surface area contributed by atoms with E-state index in [2.05, 4.69) is 10.3 Å². The minimum atomic E-state index is -0.200. The fourth-order valence-corrected chi connectivity index (χ4v) is 2.39. The number of aromatic nitrogens is 3. The van der Waals surface area contributed by atoms with Gasteiger partial charge in [0.25, 0.3) is 0 Å². The van der Waals surface area contributed by atoms with Gasteiger partial charge >= 0.3 is 0 Å². The smallest absolute Gasteiger partial charge is 0.137 e. The van der Waals surface area contributed by atoms with Crippen LogP contribution >= 0.6 is 11.6 Å². The van der Waals surface area contributed by atoms with E-state index in [4.69, 9.17) is 16.3 Å². The first-order chi connectivity index (χ1) is 9.38. The van der Waals surface area contributed by atoms with Crippen molar-refractivity contribution in [2.45, 2.75) is 32.8 Å². The van der Waals surface area contributed by atoms with E-state index in [9.17, 15) is 5.11 Å². The van der Waals surface area contributed by atoms with Crippen molar-refractivity contribution in [2.75, 3.05) is 7.11 Å². The summed E-state index contributed by atoms with van der Waals surface area (Å²) >= 11 is 6.15. The Balaban J connectivity index is 2.59. The number of nitrogens with zero attached hydrogens (tertiary/aromatic N) is 3. The molecule has 0 spiro atoms. The van der Waals surface area contributed by atoms with Gasteiger partial charge < -0.3 is 9.84 Å². The molecule has 0 fully saturated rings. The molecule has 0 saturated carbocycles. The van der Waals surface area contributed by atoms with Gasteiger partial charge in [-0.1, -0.05) is 37.6 Å². The zero-order valence-corrected chi connectivity index (χ0v) is 12.8. The molecule has 20 heavy (non-hydrogen) atoms. The van der Waals surface area contributed by atoms with Crippen LogP contribution in [-0.4, -0.2) is 27.2 Å². The van der Waals surface area contributed by atoms with E-state index >= 15 is 0 Å². The topological polar surface area (TPSA) is 60.2 Å². The molecule has 0 radical (unpaired) electrons. The second-order valence-electron chi connectivity index (χ2n) is 5.52. The van der Waals surface area contributed by atoms with Gasteiger partial charge in [0.2, 0.25) is 0 Å². The number of aliphatic hydroxyl groups excluding tert-OH is 1. The van der Waals surface area contributed by atoms with Crippen molar-refractivity contribution >= 4 is 11.6 Å². The lowest BCUT2D eigenvalue weighted by Gasteiger charge is -2.21. The molecule has 108 valence electrons. The molecule has 6 heteroatoms. The molecule has 0 unspecified atom stereocenters. The molecule has 0 amide bonds. The molecule has 0 aliphatic heterocycles. The number of methoxy groups -OCH3 is 1. The van der Waals surface area contributed by atoms with Crippen molar-refractivity contribution in [2.24, 2.45) is 0 Å². The third-order valence-electron chi connectivity index (χ3n) is 2.98. The van der Waals surface area contributed by atoms with E-state index in [1.807, 2.05) is 26.8 Å². The van der Waals surface area contributed by atoms with Crippen molar-refractivity contribution in [3.63, 3.8) is 0 Å². The number of hydrogen-bond acceptors (Lipinski definition) is 4. The van der Waals surface area contributed by atoms with E-state index in [1.54, 1.807) is 23.9 Å². The highest BCUT2D eigenvalue weighted by molar-refractivity contribution is 6.32. The molecule has 0 aliphatic rings. The Morgan fingerprint density at radius 1 is 1.35 bits per heavy atom. The Bertz CT molecular complexity index is 617. The van der Waals surface area contributed by atoms with E-state index in [0.717, 1.165) is 11.4 Å². The fraction of sp³-hybridized carbons (Fsp3) is 0.429. The molecular formula is C14H18ClN3O2. The van der Waals surface area contributed by atoms with E-state index < -0.39 is 0 Å². The van der Waals surface area contributed by atoms with Crippen LogP contribution in [0.25, 0.3) is 5.69 Å². The molecule has 0 bridgehead atoms. The highest BCUT2D eigenvalue weighted by Gasteiger charge is 2.25. The Labute approximate surface area is 123 Å². The summed E-state index contributed by atoms with van der Waals surface area (Å²) in [5, 5.41) is 18.1. The average molecular weight is 296 g/mol. The van der Waals surface area contributed by atoms with Crippen LogP contribution < -0.4 is 4.74 Å². The van der Waals surface area contributed by atoms with Crippen LogP contribution in [-0.2, 0) is 12.0 Å². The normalized spacial score (nSPS) is 11.7. The maximum atomic E-state index is 9.42. The first-order valence-corrected chi connectivity index (χ1v) is 6.66. The molecule has 1 N–H and O–H groups in total. The van der Waals surface area contributed by atoms with Gasteiger partial charge in [0.15, 0.2) is 0 Å². The molecule has 0 atom stereocenters. The second kappa shape index (κ2) is 5.42. The van der Waals surface area contributed by atoms with Crippen LogP contribution in [0.2, 0.25) is 5.02 Å². The summed E-state index contributed by atoms with van der Waals surface area (Å²) in [5.74, 6) is 0.607. The summed E-state index contributed by atoms with van der Waals surface area (Å²) in [6.07, 6.45) is 0. The fourth-order valence-electron chi connectivity index (χ4n) is 2.14. The highest BCUT2D eigenvalue weighted by atomic mass is 35.5. The largest absolute Gasteiger partial charge is 0.495 e. The first kappa shape index (κ1) is 14.8. The Kier molecular flexibility index (Phi) is 4.01. The Morgan fingerprint density at radius 3 is 2.55 bits per heavy atom. The third kappa shape index (κ3) is 2.64. The molecule has 1 aromatic carbocycles. The van der Waals surface area contributed by atoms with E-state index in [-0.39, 0.29) is 12.0 Å². The molecule has 1 heterocycles. The summed E-state index contributed by atoms with van der Waals surface area (Å²) in [5.41, 5.74) is 2.02. The number of rotatable bonds is 3. The van der Waals surface area contributed by atoms with Crippen LogP contribution in [0.15, 0.2) is 18.2 Å². The second-order valence-corrected chi connectivity index (χ2v) is 5.93. The summed E-state index contributed by atoms with van der Waals surface area (Å²) in [6.45, 7) is 6.00. The van der Waals surface area contributed by atoms with Crippen LogP contribution in [0.5, 0.6) is 5.75 Å². The molecule has 1 aromatic heterocycles. The van der Waals surface area contributed by atoms with Crippen LogP contribution in [0.1, 0.15) is 32.2 Å². The third-order valence-corrected chi connectivity index (χ3v) is 3.28. The minimum Gasteiger partial charge on any atom is -0.495 e. The number of halogens is 1. The van der Waals surface area contributed by atoms with E-state index in [0.29, 0.717) is 16.5 Å². The zero-order chi connectivity index (χ0) is 14.9. The van der Waals surface area contributed by atoms with Crippen LogP contribution in [0.4, 0.5) is 0 Å². The van der Waals surface area contributed by atoms with Crippen LogP contribution in [0, 0.1) is 0 Å². The van der Waals surface area contributed by atoms with Crippen molar-refractivity contribution in [3.05, 3.63) is 34.6 Å². The molecule has 5 nitrogen and oxygen atoms in total. The lowest BCUT2D eigenvalue weighted by Crippen LogP contribution is -2.19. The summed E-state index contributed by atoms with van der Waals surface area (Å²) < 4.78 is 6.85. The monoisotopic (exact) mass is 295 g/mol. The molecule has 0 saturated heterocycles. The summed E-state index contributed by atoms with van der Waals surface area (Å²) in [4.78, 5) is 0. The molecule has 2 aromatic rings. The quantitative estimate of drug-likeness (QED) is 0.946. The van der Waals surface area contributed by atoms with Crippen LogP contribution in [0.3, 0.4) is 0 Å². The van der Waals surface area contributed by atoms with Gasteiger partial charge in [0.05, 0.1) is 30.1 Å². The standard InChI is InChI=1S/C14H18ClN3O2/c1-14(2,3)13-11(8-19)16-17-18(13)9-5-6-12(20-4)10(15)7-9/h5-7,19H,8H2,1-4H3. The summed E-state index contributed by atoms with van der Waals surface area (Å²) in [7, 11) is 1.57. The van der Waals surface area contributed by atoms with Crippen molar-refractivity contribution < 1.29 is 9.84 Å². The Morgan fingerprint density at radius 2 is 2.05 bits per heavy atom. The number of benzene rings is 1. The predicted octanol–water partition coefficient (Wildman–Crippen LogP) is 2.72. The van der Waals surface area contributed by atoms with Gasteiger partial charge in [-0.25, -0.2) is 4.68 Å². The van der Waals surface area contributed by atoms with Crippen molar-refractivity contribution in [1.82, 2.24) is 15.0 Å². The maximum absolute atomic E-state index is 9.42. The number of ether oxygens (including phenoxy) is 1. The van der Waals surface area contributed by atoms with Gasteiger partial charge in [-0.15, -0.1) is 5.10 Å². The van der Waals surface area contributed by atoms with Crippen molar-refractivity contribution in [1.29, 1.82) is 0 Å². The summed E-state index contributed by atoms with van der Waals surface area (Å²) in [6, 6.07) is 5.41. The van der Waals surface area contributed by atoms with Crippen molar-refractivity contribution in [3.8, 4) is 11.4 Å². The zero-order valence-electron chi connectivity index (χ0n) is 12.0. The molecule has 0 aliphatic carbocycles. The predicted molar refractivity (Wildman–Crippen MR) is 77.5 cm³/mol. The lowest BCUT2D eigenvalue weighted by atomic mass is 9.90. The average Bonchev–Trinajstić information content (AvgIpc) is 2.82.